The molecule has 1 heterocycles. The number of rotatable bonds is 3. The van der Waals surface area contributed by atoms with Crippen LogP contribution in [0.5, 0.6) is 0 Å². The molecule has 1 fully saturated rings. The van der Waals surface area contributed by atoms with E-state index < -0.39 is 0 Å². The summed E-state index contributed by atoms with van der Waals surface area (Å²) in [6.45, 7) is 8.22. The third kappa shape index (κ3) is 2.78. The molecule has 0 amide bonds. The van der Waals surface area contributed by atoms with Crippen LogP contribution in [-0.2, 0) is 0 Å². The molecule has 1 aliphatic rings. The molecule has 0 bridgehead atoms. The highest BCUT2D eigenvalue weighted by molar-refractivity contribution is 4.79. The predicted molar refractivity (Wildman–Crippen MR) is 54.3 cm³/mol. The van der Waals surface area contributed by atoms with Crippen LogP contribution in [0.25, 0.3) is 0 Å². The topological polar surface area (TPSA) is 12.0 Å². The second-order valence-corrected chi connectivity index (χ2v) is 4.42. The minimum atomic E-state index is 0.753. The van der Waals surface area contributed by atoms with Gasteiger partial charge in [-0.05, 0) is 31.7 Å². The van der Waals surface area contributed by atoms with E-state index in [4.69, 9.17) is 0 Å². The molecule has 0 spiro atoms. The van der Waals surface area contributed by atoms with Crippen molar-refractivity contribution in [3.8, 4) is 0 Å². The Morgan fingerprint density at radius 2 is 2.08 bits per heavy atom. The van der Waals surface area contributed by atoms with Crippen LogP contribution in [-0.4, -0.2) is 12.6 Å². The molecule has 3 unspecified atom stereocenters. The molecule has 12 heavy (non-hydrogen) atoms. The highest BCUT2D eigenvalue weighted by Gasteiger charge is 2.23. The Morgan fingerprint density at radius 1 is 1.33 bits per heavy atom. The Morgan fingerprint density at radius 3 is 2.75 bits per heavy atom. The average Bonchev–Trinajstić information content (AvgIpc) is 2.07. The Hall–Kier alpha value is -0.0400. The average molecular weight is 169 g/mol. The van der Waals surface area contributed by atoms with Gasteiger partial charge in [-0.3, -0.25) is 0 Å². The third-order valence-electron chi connectivity index (χ3n) is 3.18. The van der Waals surface area contributed by atoms with Gasteiger partial charge in [-0.1, -0.05) is 33.1 Å². The molecular formula is C11H23N. The molecular weight excluding hydrogens is 146 g/mol. The van der Waals surface area contributed by atoms with Gasteiger partial charge in [-0.2, -0.15) is 0 Å². The Balaban J connectivity index is 2.28. The first-order valence-electron chi connectivity index (χ1n) is 5.47. The molecule has 0 aromatic heterocycles. The fraction of sp³-hybridized carbons (Fsp3) is 1.00. The Labute approximate surface area is 76.9 Å². The van der Waals surface area contributed by atoms with Gasteiger partial charge in [0.2, 0.25) is 0 Å². The van der Waals surface area contributed by atoms with Gasteiger partial charge in [0.15, 0.2) is 0 Å². The molecule has 0 aliphatic carbocycles. The van der Waals surface area contributed by atoms with Crippen molar-refractivity contribution in [3.63, 3.8) is 0 Å². The van der Waals surface area contributed by atoms with Crippen molar-refractivity contribution in [1.29, 1.82) is 0 Å². The van der Waals surface area contributed by atoms with Crippen LogP contribution in [0.15, 0.2) is 0 Å². The number of hydrogen-bond donors (Lipinski definition) is 1. The zero-order chi connectivity index (χ0) is 8.97. The summed E-state index contributed by atoms with van der Waals surface area (Å²) in [5, 5.41) is 3.54. The van der Waals surface area contributed by atoms with Crippen molar-refractivity contribution in [2.24, 2.45) is 11.8 Å². The molecule has 1 heteroatoms. The summed E-state index contributed by atoms with van der Waals surface area (Å²) in [5.41, 5.74) is 0. The molecule has 3 atom stereocenters. The first-order valence-corrected chi connectivity index (χ1v) is 5.47. The first-order chi connectivity index (χ1) is 5.74. The van der Waals surface area contributed by atoms with E-state index in [1.807, 2.05) is 0 Å². The van der Waals surface area contributed by atoms with Gasteiger partial charge in [0.05, 0.1) is 0 Å². The fourth-order valence-electron chi connectivity index (χ4n) is 2.19. The van der Waals surface area contributed by atoms with E-state index in [9.17, 15) is 0 Å². The summed E-state index contributed by atoms with van der Waals surface area (Å²) in [6.07, 6.45) is 5.61. The lowest BCUT2D eigenvalue weighted by atomic mass is 9.81. The maximum atomic E-state index is 3.54. The highest BCUT2D eigenvalue weighted by Crippen LogP contribution is 2.26. The van der Waals surface area contributed by atoms with Gasteiger partial charge in [0.25, 0.3) is 0 Å². The standard InChI is InChI=1S/C11H23N/c1-4-5-6-11-7-10(3)12-8-9(11)2/h9-12H,4-8H2,1-3H3. The summed E-state index contributed by atoms with van der Waals surface area (Å²) >= 11 is 0. The van der Waals surface area contributed by atoms with Gasteiger partial charge < -0.3 is 5.32 Å². The van der Waals surface area contributed by atoms with E-state index >= 15 is 0 Å². The Kier molecular flexibility index (Phi) is 4.07. The van der Waals surface area contributed by atoms with E-state index in [2.05, 4.69) is 26.1 Å². The predicted octanol–water partition coefficient (Wildman–Crippen LogP) is 2.81. The molecule has 1 N–H and O–H groups in total. The van der Waals surface area contributed by atoms with Gasteiger partial charge in [-0.15, -0.1) is 0 Å². The number of hydrogen-bond acceptors (Lipinski definition) is 1. The van der Waals surface area contributed by atoms with Crippen molar-refractivity contribution < 1.29 is 0 Å². The van der Waals surface area contributed by atoms with Crippen LogP contribution in [0, 0.1) is 11.8 Å². The van der Waals surface area contributed by atoms with Gasteiger partial charge >= 0.3 is 0 Å². The van der Waals surface area contributed by atoms with Crippen LogP contribution in [0.2, 0.25) is 0 Å². The zero-order valence-corrected chi connectivity index (χ0v) is 8.77. The lowest BCUT2D eigenvalue weighted by molar-refractivity contribution is 0.217. The quantitative estimate of drug-likeness (QED) is 0.685. The minimum Gasteiger partial charge on any atom is -0.314 e. The number of nitrogens with one attached hydrogen (secondary N) is 1. The molecule has 0 aromatic rings. The molecule has 1 saturated heterocycles. The van der Waals surface area contributed by atoms with Gasteiger partial charge in [0.1, 0.15) is 0 Å². The second-order valence-electron chi connectivity index (χ2n) is 4.42. The summed E-state index contributed by atoms with van der Waals surface area (Å²) < 4.78 is 0. The van der Waals surface area contributed by atoms with Crippen LogP contribution < -0.4 is 5.32 Å². The maximum Gasteiger partial charge on any atom is 0.00415 e. The molecule has 1 nitrogen and oxygen atoms in total. The lowest BCUT2D eigenvalue weighted by Crippen LogP contribution is -2.41. The SMILES string of the molecule is CCCCC1CC(C)NCC1C. The highest BCUT2D eigenvalue weighted by atomic mass is 14.9. The first kappa shape index (κ1) is 10.0. The van der Waals surface area contributed by atoms with E-state index in [1.54, 1.807) is 0 Å². The van der Waals surface area contributed by atoms with Gasteiger partial charge in [-0.25, -0.2) is 0 Å². The molecule has 1 rings (SSSR count). The monoisotopic (exact) mass is 169 g/mol. The van der Waals surface area contributed by atoms with E-state index in [-0.39, 0.29) is 0 Å². The van der Waals surface area contributed by atoms with E-state index in [1.165, 1.54) is 32.2 Å². The van der Waals surface area contributed by atoms with Crippen molar-refractivity contribution in [2.75, 3.05) is 6.54 Å². The molecule has 72 valence electrons. The van der Waals surface area contributed by atoms with Crippen LogP contribution >= 0.6 is 0 Å². The van der Waals surface area contributed by atoms with Crippen molar-refractivity contribution in [3.05, 3.63) is 0 Å². The van der Waals surface area contributed by atoms with Crippen LogP contribution in [0.3, 0.4) is 0 Å². The molecule has 0 radical (unpaired) electrons. The largest absolute Gasteiger partial charge is 0.314 e. The summed E-state index contributed by atoms with van der Waals surface area (Å²) in [7, 11) is 0. The number of unbranched alkanes of at least 4 members (excludes halogenated alkanes) is 1. The molecule has 0 aromatic carbocycles. The van der Waals surface area contributed by atoms with Gasteiger partial charge in [0, 0.05) is 6.04 Å². The smallest absolute Gasteiger partial charge is 0.00415 e. The van der Waals surface area contributed by atoms with Crippen LogP contribution in [0.4, 0.5) is 0 Å². The summed E-state index contributed by atoms with van der Waals surface area (Å²) in [6, 6.07) is 0.753. The summed E-state index contributed by atoms with van der Waals surface area (Å²) in [5.74, 6) is 1.88. The normalized spacial score (nSPS) is 36.8. The Bertz CT molecular complexity index is 122. The van der Waals surface area contributed by atoms with Crippen LogP contribution in [0.1, 0.15) is 46.5 Å². The lowest BCUT2D eigenvalue weighted by Gasteiger charge is -2.33. The van der Waals surface area contributed by atoms with Crippen molar-refractivity contribution >= 4 is 0 Å². The zero-order valence-electron chi connectivity index (χ0n) is 8.77. The van der Waals surface area contributed by atoms with Crippen molar-refractivity contribution in [2.45, 2.75) is 52.5 Å². The molecule has 0 saturated carbocycles. The number of piperidine rings is 1. The summed E-state index contributed by atoms with van der Waals surface area (Å²) in [4.78, 5) is 0. The second kappa shape index (κ2) is 4.86. The maximum absolute atomic E-state index is 3.54. The van der Waals surface area contributed by atoms with Crippen molar-refractivity contribution in [1.82, 2.24) is 5.32 Å². The van der Waals surface area contributed by atoms with E-state index in [0.29, 0.717) is 0 Å². The third-order valence-corrected chi connectivity index (χ3v) is 3.18. The minimum absolute atomic E-state index is 0.753. The molecule has 1 aliphatic heterocycles. The fourth-order valence-corrected chi connectivity index (χ4v) is 2.19. The van der Waals surface area contributed by atoms with E-state index in [0.717, 1.165) is 17.9 Å².